The van der Waals surface area contributed by atoms with Gasteiger partial charge in [0, 0.05) is 6.04 Å². The standard InChI is InChI=1S/C9H17NO2/c1-6-8(10-11-2)5-7-3-4-9(6)12-7/h6-10H,3-5H2,1-2H3/t6-,7+,8?,9-/m0/s1. The molecule has 0 amide bonds. The van der Waals surface area contributed by atoms with E-state index in [1.807, 2.05) is 0 Å². The van der Waals surface area contributed by atoms with Crippen LogP contribution in [0.4, 0.5) is 0 Å². The van der Waals surface area contributed by atoms with Crippen LogP contribution in [0.15, 0.2) is 0 Å². The van der Waals surface area contributed by atoms with E-state index in [1.165, 1.54) is 12.8 Å². The largest absolute Gasteiger partial charge is 0.375 e. The summed E-state index contributed by atoms with van der Waals surface area (Å²) in [6.07, 6.45) is 4.52. The average Bonchev–Trinajstić information content (AvgIpc) is 2.45. The van der Waals surface area contributed by atoms with Crippen LogP contribution in [-0.2, 0) is 9.57 Å². The molecule has 0 saturated carbocycles. The topological polar surface area (TPSA) is 30.5 Å². The van der Waals surface area contributed by atoms with Crippen LogP contribution in [-0.4, -0.2) is 25.4 Å². The van der Waals surface area contributed by atoms with Crippen LogP contribution in [0, 0.1) is 5.92 Å². The molecule has 0 aromatic carbocycles. The first-order valence-corrected chi connectivity index (χ1v) is 4.75. The number of ether oxygens (including phenoxy) is 1. The number of rotatable bonds is 2. The first-order valence-electron chi connectivity index (χ1n) is 4.75. The van der Waals surface area contributed by atoms with Crippen LogP contribution in [0.1, 0.15) is 26.2 Å². The second-order valence-electron chi connectivity index (χ2n) is 3.90. The van der Waals surface area contributed by atoms with E-state index in [0.717, 1.165) is 6.42 Å². The fraction of sp³-hybridized carbons (Fsp3) is 1.00. The van der Waals surface area contributed by atoms with Gasteiger partial charge in [0.05, 0.1) is 19.3 Å². The van der Waals surface area contributed by atoms with Gasteiger partial charge in [-0.15, -0.1) is 0 Å². The van der Waals surface area contributed by atoms with E-state index in [4.69, 9.17) is 9.57 Å². The van der Waals surface area contributed by atoms with Gasteiger partial charge in [-0.1, -0.05) is 6.92 Å². The highest BCUT2D eigenvalue weighted by atomic mass is 16.6. The predicted molar refractivity (Wildman–Crippen MR) is 45.6 cm³/mol. The summed E-state index contributed by atoms with van der Waals surface area (Å²) in [5, 5.41) is 0. The Morgan fingerprint density at radius 3 is 3.00 bits per heavy atom. The predicted octanol–water partition coefficient (Wildman–Crippen LogP) is 1.09. The molecule has 0 aliphatic carbocycles. The van der Waals surface area contributed by atoms with Crippen LogP contribution < -0.4 is 5.48 Å². The lowest BCUT2D eigenvalue weighted by Crippen LogP contribution is -2.45. The normalized spacial score (nSPS) is 46.5. The SMILES string of the molecule is CONC1C[C@H]2CC[C@H](O2)[C@H]1C. The van der Waals surface area contributed by atoms with Crippen molar-refractivity contribution in [2.45, 2.75) is 44.4 Å². The van der Waals surface area contributed by atoms with Crippen LogP contribution in [0.25, 0.3) is 0 Å². The minimum atomic E-state index is 0.469. The lowest BCUT2D eigenvalue weighted by atomic mass is 9.93. The summed E-state index contributed by atoms with van der Waals surface area (Å²) in [5.74, 6) is 0.587. The average molecular weight is 171 g/mol. The Kier molecular flexibility index (Phi) is 2.35. The maximum atomic E-state index is 5.79. The Morgan fingerprint density at radius 1 is 1.42 bits per heavy atom. The van der Waals surface area contributed by atoms with Crippen LogP contribution >= 0.6 is 0 Å². The molecule has 0 aromatic rings. The number of hydrogen-bond donors (Lipinski definition) is 1. The second kappa shape index (κ2) is 3.32. The zero-order valence-electron chi connectivity index (χ0n) is 7.75. The molecule has 2 saturated heterocycles. The molecule has 12 heavy (non-hydrogen) atoms. The molecule has 0 radical (unpaired) electrons. The molecular weight excluding hydrogens is 154 g/mol. The molecule has 70 valence electrons. The van der Waals surface area contributed by atoms with Crippen molar-refractivity contribution in [3.05, 3.63) is 0 Å². The van der Waals surface area contributed by atoms with E-state index < -0.39 is 0 Å². The minimum Gasteiger partial charge on any atom is -0.375 e. The zero-order chi connectivity index (χ0) is 8.55. The molecule has 3 heteroatoms. The van der Waals surface area contributed by atoms with Gasteiger partial charge in [0.25, 0.3) is 0 Å². The van der Waals surface area contributed by atoms with E-state index in [2.05, 4.69) is 12.4 Å². The number of nitrogens with one attached hydrogen (secondary N) is 1. The van der Waals surface area contributed by atoms with Gasteiger partial charge in [-0.25, -0.2) is 0 Å². The number of hydroxylamine groups is 1. The highest BCUT2D eigenvalue weighted by molar-refractivity contribution is 4.91. The lowest BCUT2D eigenvalue weighted by Gasteiger charge is -2.34. The molecule has 2 aliphatic heterocycles. The van der Waals surface area contributed by atoms with Crippen LogP contribution in [0.3, 0.4) is 0 Å². The van der Waals surface area contributed by atoms with E-state index in [-0.39, 0.29) is 0 Å². The maximum absolute atomic E-state index is 5.79. The van der Waals surface area contributed by atoms with Crippen molar-refractivity contribution in [3.63, 3.8) is 0 Å². The monoisotopic (exact) mass is 171 g/mol. The van der Waals surface area contributed by atoms with Crippen molar-refractivity contribution in [2.75, 3.05) is 7.11 Å². The fourth-order valence-electron chi connectivity index (χ4n) is 2.36. The third kappa shape index (κ3) is 1.37. The molecule has 1 unspecified atom stereocenters. The molecular formula is C9H17NO2. The van der Waals surface area contributed by atoms with Gasteiger partial charge in [0.1, 0.15) is 0 Å². The van der Waals surface area contributed by atoms with Gasteiger partial charge in [-0.3, -0.25) is 0 Å². The van der Waals surface area contributed by atoms with Crippen molar-refractivity contribution in [1.82, 2.24) is 5.48 Å². The summed E-state index contributed by atoms with van der Waals surface area (Å²) in [5.41, 5.74) is 3.06. The zero-order valence-corrected chi connectivity index (χ0v) is 7.75. The minimum absolute atomic E-state index is 0.469. The number of hydrogen-bond acceptors (Lipinski definition) is 3. The smallest absolute Gasteiger partial charge is 0.0621 e. The lowest BCUT2D eigenvalue weighted by molar-refractivity contribution is -0.0777. The van der Waals surface area contributed by atoms with E-state index in [1.54, 1.807) is 7.11 Å². The Bertz CT molecular complexity index is 163. The summed E-state index contributed by atoms with van der Waals surface area (Å²) in [6, 6.07) is 0.487. The molecule has 2 fully saturated rings. The first kappa shape index (κ1) is 8.48. The second-order valence-corrected chi connectivity index (χ2v) is 3.90. The van der Waals surface area contributed by atoms with Crippen molar-refractivity contribution in [1.29, 1.82) is 0 Å². The molecule has 1 N–H and O–H groups in total. The fourth-order valence-corrected chi connectivity index (χ4v) is 2.36. The summed E-state index contributed by atoms with van der Waals surface area (Å²) >= 11 is 0. The summed E-state index contributed by atoms with van der Waals surface area (Å²) < 4.78 is 5.79. The van der Waals surface area contributed by atoms with Gasteiger partial charge in [-0.2, -0.15) is 5.48 Å². The molecule has 2 aliphatic rings. The van der Waals surface area contributed by atoms with E-state index in [0.29, 0.717) is 24.2 Å². The van der Waals surface area contributed by atoms with Gasteiger partial charge in [-0.05, 0) is 25.2 Å². The maximum Gasteiger partial charge on any atom is 0.0621 e. The highest BCUT2D eigenvalue weighted by Gasteiger charge is 2.40. The van der Waals surface area contributed by atoms with Crippen LogP contribution in [0.5, 0.6) is 0 Å². The summed E-state index contributed by atoms with van der Waals surface area (Å²) in [6.45, 7) is 2.24. The third-order valence-electron chi connectivity index (χ3n) is 3.15. The molecule has 2 rings (SSSR count). The molecule has 4 atom stereocenters. The number of fused-ring (bicyclic) bond motifs is 2. The van der Waals surface area contributed by atoms with Crippen molar-refractivity contribution in [2.24, 2.45) is 5.92 Å². The van der Waals surface area contributed by atoms with Gasteiger partial charge >= 0.3 is 0 Å². The van der Waals surface area contributed by atoms with Crippen molar-refractivity contribution < 1.29 is 9.57 Å². The Morgan fingerprint density at radius 2 is 2.25 bits per heavy atom. The quantitative estimate of drug-likeness (QED) is 0.631. The molecule has 2 heterocycles. The highest BCUT2D eigenvalue weighted by Crippen LogP contribution is 2.36. The van der Waals surface area contributed by atoms with E-state index >= 15 is 0 Å². The van der Waals surface area contributed by atoms with Crippen molar-refractivity contribution in [3.8, 4) is 0 Å². The molecule has 0 spiro atoms. The Hall–Kier alpha value is -0.120. The van der Waals surface area contributed by atoms with Crippen LogP contribution in [0.2, 0.25) is 0 Å². The van der Waals surface area contributed by atoms with E-state index in [9.17, 15) is 0 Å². The van der Waals surface area contributed by atoms with Gasteiger partial charge in [0.2, 0.25) is 0 Å². The van der Waals surface area contributed by atoms with Crippen molar-refractivity contribution >= 4 is 0 Å². The first-order chi connectivity index (χ1) is 5.81. The molecule has 3 nitrogen and oxygen atoms in total. The summed E-state index contributed by atoms with van der Waals surface area (Å²) in [4.78, 5) is 4.97. The Labute approximate surface area is 73.4 Å². The molecule has 2 bridgehead atoms. The van der Waals surface area contributed by atoms with Gasteiger partial charge in [0.15, 0.2) is 0 Å². The Balaban J connectivity index is 1.98. The summed E-state index contributed by atoms with van der Waals surface area (Å²) in [7, 11) is 1.68. The molecule has 0 aromatic heterocycles. The van der Waals surface area contributed by atoms with Gasteiger partial charge < -0.3 is 9.57 Å². The third-order valence-corrected chi connectivity index (χ3v) is 3.15.